The minimum Gasteiger partial charge on any atom is -0.373 e. The molecule has 2 N–H and O–H groups in total. The van der Waals surface area contributed by atoms with Crippen molar-refractivity contribution in [2.24, 2.45) is 0 Å². The average molecular weight is 405 g/mol. The highest BCUT2D eigenvalue weighted by atomic mass is 32.1. The summed E-state index contributed by atoms with van der Waals surface area (Å²) in [5.41, 5.74) is 4.28. The number of nitrogens with zero attached hydrogens (tertiary/aromatic N) is 2. The highest BCUT2D eigenvalue weighted by Crippen LogP contribution is 2.31. The summed E-state index contributed by atoms with van der Waals surface area (Å²) in [4.78, 5) is 11.1. The third-order valence-corrected chi connectivity index (χ3v) is 5.51. The van der Waals surface area contributed by atoms with E-state index >= 15 is 0 Å². The van der Waals surface area contributed by atoms with Gasteiger partial charge in [0.25, 0.3) is 0 Å². The van der Waals surface area contributed by atoms with Crippen LogP contribution >= 0.6 is 24.0 Å². The zero-order chi connectivity index (χ0) is 19.3. The standard InChI is InChI=1S/C22H20N4S2/c1-15-4-2-6-17(12-15)25-22-23-11-10-19(26-22)20-8-9-21(28-20)24-14-16-5-3-7-18(27)13-16/h2-13,24,27H,14H2,1H3,(H,23,25,26). The second-order valence-corrected chi connectivity index (χ2v) is 8.05. The highest BCUT2D eigenvalue weighted by molar-refractivity contribution is 7.80. The molecule has 0 atom stereocenters. The molecule has 0 aliphatic carbocycles. The zero-order valence-electron chi connectivity index (χ0n) is 15.4. The minimum atomic E-state index is 0.594. The van der Waals surface area contributed by atoms with Crippen molar-refractivity contribution in [3.63, 3.8) is 0 Å². The van der Waals surface area contributed by atoms with E-state index in [-0.39, 0.29) is 0 Å². The van der Waals surface area contributed by atoms with E-state index in [1.54, 1.807) is 17.5 Å². The summed E-state index contributed by atoms with van der Waals surface area (Å²) in [5.74, 6) is 0.594. The van der Waals surface area contributed by atoms with E-state index in [1.165, 1.54) is 11.1 Å². The van der Waals surface area contributed by atoms with Crippen LogP contribution in [0.15, 0.2) is 77.8 Å². The maximum atomic E-state index is 4.66. The molecule has 0 aliphatic rings. The number of hydrogen-bond donors (Lipinski definition) is 3. The van der Waals surface area contributed by atoms with Gasteiger partial charge in [-0.2, -0.15) is 0 Å². The second-order valence-electron chi connectivity index (χ2n) is 6.45. The molecule has 4 rings (SSSR count). The SMILES string of the molecule is Cc1cccc(Nc2nccc(-c3ccc(NCc4cccc(S)c4)s3)n2)c1. The molecular formula is C22H20N4S2. The van der Waals surface area contributed by atoms with Gasteiger partial charge in [-0.1, -0.05) is 24.3 Å². The normalized spacial score (nSPS) is 10.6. The summed E-state index contributed by atoms with van der Waals surface area (Å²) >= 11 is 6.07. The van der Waals surface area contributed by atoms with Gasteiger partial charge in [-0.15, -0.1) is 24.0 Å². The van der Waals surface area contributed by atoms with Gasteiger partial charge in [0.15, 0.2) is 0 Å². The van der Waals surface area contributed by atoms with Crippen molar-refractivity contribution >= 4 is 40.6 Å². The Bertz CT molecular complexity index is 1090. The molecule has 0 saturated carbocycles. The molecule has 6 heteroatoms. The molecule has 0 radical (unpaired) electrons. The van der Waals surface area contributed by atoms with Crippen molar-refractivity contribution in [2.75, 3.05) is 10.6 Å². The third-order valence-electron chi connectivity index (χ3n) is 4.17. The number of thiol groups is 1. The van der Waals surface area contributed by atoms with Crippen LogP contribution in [0.2, 0.25) is 0 Å². The third kappa shape index (κ3) is 4.71. The molecule has 0 amide bonds. The van der Waals surface area contributed by atoms with Gasteiger partial charge in [0, 0.05) is 23.3 Å². The molecule has 4 aromatic rings. The van der Waals surface area contributed by atoms with Crippen molar-refractivity contribution in [2.45, 2.75) is 18.4 Å². The molecule has 2 aromatic heterocycles. The van der Waals surface area contributed by atoms with E-state index in [4.69, 9.17) is 0 Å². The Balaban J connectivity index is 1.46. The first-order chi connectivity index (χ1) is 13.7. The molecule has 0 bridgehead atoms. The van der Waals surface area contributed by atoms with Gasteiger partial charge in [-0.25, -0.2) is 9.97 Å². The van der Waals surface area contributed by atoms with E-state index in [0.29, 0.717) is 5.95 Å². The summed E-state index contributed by atoms with van der Waals surface area (Å²) in [6.45, 7) is 2.83. The Morgan fingerprint density at radius 3 is 2.75 bits per heavy atom. The number of aryl methyl sites for hydroxylation is 1. The summed E-state index contributed by atoms with van der Waals surface area (Å²) in [5, 5.41) is 7.84. The number of thiophene rings is 1. The maximum Gasteiger partial charge on any atom is 0.227 e. The van der Waals surface area contributed by atoms with Crippen molar-refractivity contribution in [3.8, 4) is 10.6 Å². The molecule has 0 aliphatic heterocycles. The molecule has 0 fully saturated rings. The van der Waals surface area contributed by atoms with Crippen LogP contribution in [0.3, 0.4) is 0 Å². The van der Waals surface area contributed by atoms with Crippen LogP contribution in [-0.4, -0.2) is 9.97 Å². The second kappa shape index (κ2) is 8.46. The van der Waals surface area contributed by atoms with Crippen molar-refractivity contribution in [3.05, 3.63) is 84.1 Å². The Labute approximate surface area is 174 Å². The van der Waals surface area contributed by atoms with Crippen LogP contribution < -0.4 is 10.6 Å². The van der Waals surface area contributed by atoms with Crippen LogP contribution in [0.1, 0.15) is 11.1 Å². The maximum absolute atomic E-state index is 4.66. The number of anilines is 3. The van der Waals surface area contributed by atoms with E-state index in [9.17, 15) is 0 Å². The van der Waals surface area contributed by atoms with Gasteiger partial charge >= 0.3 is 0 Å². The molecule has 2 aromatic carbocycles. The number of hydrogen-bond acceptors (Lipinski definition) is 6. The fraction of sp³-hybridized carbons (Fsp3) is 0.0909. The quantitative estimate of drug-likeness (QED) is 0.337. The lowest BCUT2D eigenvalue weighted by Crippen LogP contribution is -1.97. The number of rotatable bonds is 6. The summed E-state index contributed by atoms with van der Waals surface area (Å²) in [7, 11) is 0. The minimum absolute atomic E-state index is 0.594. The van der Waals surface area contributed by atoms with E-state index in [0.717, 1.165) is 32.7 Å². The largest absolute Gasteiger partial charge is 0.373 e. The van der Waals surface area contributed by atoms with E-state index in [2.05, 4.69) is 76.6 Å². The summed E-state index contributed by atoms with van der Waals surface area (Å²) < 4.78 is 0. The lowest BCUT2D eigenvalue weighted by atomic mass is 10.2. The van der Waals surface area contributed by atoms with E-state index in [1.807, 2.05) is 30.3 Å². The smallest absolute Gasteiger partial charge is 0.227 e. The number of benzene rings is 2. The molecular weight excluding hydrogens is 384 g/mol. The molecule has 2 heterocycles. The molecule has 28 heavy (non-hydrogen) atoms. The first kappa shape index (κ1) is 18.5. The fourth-order valence-corrected chi connectivity index (χ4v) is 3.96. The number of aromatic nitrogens is 2. The van der Waals surface area contributed by atoms with Crippen LogP contribution in [0, 0.1) is 6.92 Å². The van der Waals surface area contributed by atoms with Gasteiger partial charge in [0.2, 0.25) is 5.95 Å². The van der Waals surface area contributed by atoms with Gasteiger partial charge in [0.05, 0.1) is 15.6 Å². The molecule has 4 nitrogen and oxygen atoms in total. The lowest BCUT2D eigenvalue weighted by molar-refractivity contribution is 1.14. The Hall–Kier alpha value is -2.83. The van der Waals surface area contributed by atoms with Gasteiger partial charge < -0.3 is 10.6 Å². The average Bonchev–Trinajstić information content (AvgIpc) is 3.16. The highest BCUT2D eigenvalue weighted by Gasteiger charge is 2.07. The van der Waals surface area contributed by atoms with Crippen LogP contribution in [0.5, 0.6) is 0 Å². The van der Waals surface area contributed by atoms with Gasteiger partial charge in [-0.05, 0) is 60.5 Å². The lowest BCUT2D eigenvalue weighted by Gasteiger charge is -2.06. The first-order valence-electron chi connectivity index (χ1n) is 8.94. The summed E-state index contributed by atoms with van der Waals surface area (Å²) in [6.07, 6.45) is 1.78. The number of nitrogens with one attached hydrogen (secondary N) is 2. The monoisotopic (exact) mass is 404 g/mol. The molecule has 0 saturated heterocycles. The predicted molar refractivity (Wildman–Crippen MR) is 121 cm³/mol. The fourth-order valence-electron chi connectivity index (χ4n) is 2.83. The molecule has 0 unspecified atom stereocenters. The van der Waals surface area contributed by atoms with Crippen molar-refractivity contribution in [1.82, 2.24) is 9.97 Å². The summed E-state index contributed by atoms with van der Waals surface area (Å²) in [6, 6.07) is 22.4. The van der Waals surface area contributed by atoms with Crippen LogP contribution in [0.4, 0.5) is 16.6 Å². The first-order valence-corrected chi connectivity index (χ1v) is 10.2. The van der Waals surface area contributed by atoms with Gasteiger partial charge in [0.1, 0.15) is 0 Å². The predicted octanol–water partition coefficient (Wildman–Crippen LogP) is 6.16. The Morgan fingerprint density at radius 2 is 1.89 bits per heavy atom. The van der Waals surface area contributed by atoms with E-state index < -0.39 is 0 Å². The topological polar surface area (TPSA) is 49.8 Å². The molecule has 140 valence electrons. The van der Waals surface area contributed by atoms with Crippen LogP contribution in [-0.2, 0) is 6.54 Å². The Morgan fingerprint density at radius 1 is 1.00 bits per heavy atom. The van der Waals surface area contributed by atoms with Gasteiger partial charge in [-0.3, -0.25) is 0 Å². The molecule has 0 spiro atoms. The van der Waals surface area contributed by atoms with Crippen molar-refractivity contribution < 1.29 is 0 Å². The zero-order valence-corrected chi connectivity index (χ0v) is 17.1. The van der Waals surface area contributed by atoms with Crippen molar-refractivity contribution in [1.29, 1.82) is 0 Å². The van der Waals surface area contributed by atoms with Crippen LogP contribution in [0.25, 0.3) is 10.6 Å². The Kier molecular flexibility index (Phi) is 5.60.